The molecule has 1 unspecified atom stereocenters. The molecule has 20 heavy (non-hydrogen) atoms. The predicted molar refractivity (Wildman–Crippen MR) is 79.9 cm³/mol. The van der Waals surface area contributed by atoms with E-state index in [2.05, 4.69) is 0 Å². The zero-order valence-corrected chi connectivity index (χ0v) is 13.4. The first kappa shape index (κ1) is 15.9. The molecule has 1 aliphatic rings. The molecule has 1 aliphatic heterocycles. The van der Waals surface area contributed by atoms with Gasteiger partial charge in [0, 0.05) is 40.2 Å². The van der Waals surface area contributed by atoms with Crippen molar-refractivity contribution in [2.45, 2.75) is 18.1 Å². The second-order valence-electron chi connectivity index (χ2n) is 4.63. The molecule has 0 saturated carbocycles. The number of benzene rings is 1. The van der Waals surface area contributed by atoms with Crippen LogP contribution in [0.5, 0.6) is 0 Å². The van der Waals surface area contributed by atoms with Crippen LogP contribution in [0.2, 0.25) is 10.0 Å². The third kappa shape index (κ3) is 3.79. The van der Waals surface area contributed by atoms with Crippen LogP contribution in [0.15, 0.2) is 18.2 Å². The molecular weight excluding hydrogens is 345 g/mol. The van der Waals surface area contributed by atoms with Gasteiger partial charge >= 0.3 is 0 Å². The van der Waals surface area contributed by atoms with Gasteiger partial charge < -0.3 is 4.90 Å². The van der Waals surface area contributed by atoms with E-state index in [0.29, 0.717) is 23.0 Å². The summed E-state index contributed by atoms with van der Waals surface area (Å²) in [7, 11) is 1.59. The molecule has 4 nitrogen and oxygen atoms in total. The molecule has 8 heteroatoms. The molecule has 0 aromatic heterocycles. The maximum Gasteiger partial charge on any atom is 0.237 e. The minimum Gasteiger partial charge on any atom is -0.341 e. The highest BCUT2D eigenvalue weighted by atomic mass is 35.7. The van der Waals surface area contributed by atoms with E-state index in [0.717, 1.165) is 5.56 Å². The van der Waals surface area contributed by atoms with Crippen molar-refractivity contribution in [3.05, 3.63) is 33.8 Å². The molecule has 0 aliphatic carbocycles. The molecule has 0 N–H and O–H groups in total. The minimum atomic E-state index is -3.70. The lowest BCUT2D eigenvalue weighted by atomic mass is 10.1. The Balaban J connectivity index is 1.99. The Hall–Kier alpha value is -0.490. The summed E-state index contributed by atoms with van der Waals surface area (Å²) >= 11 is 11.9. The number of carbonyl (C=O) groups excluding carboxylic acids is 1. The first-order valence-corrected chi connectivity index (χ1v) is 9.05. The van der Waals surface area contributed by atoms with E-state index in [-0.39, 0.29) is 18.9 Å². The highest BCUT2D eigenvalue weighted by molar-refractivity contribution is 8.14. The van der Waals surface area contributed by atoms with Gasteiger partial charge in [-0.3, -0.25) is 4.79 Å². The van der Waals surface area contributed by atoms with Crippen molar-refractivity contribution in [1.29, 1.82) is 0 Å². The standard InChI is InChI=1S/C12H12Cl3NO3S/c13-9-2-1-8(11(14)5-9)3-4-16-7-10(6-12(16)17)20(15,18)19/h1-2,5,10H,3-4,6-7H2. The van der Waals surface area contributed by atoms with Crippen LogP contribution in [0.4, 0.5) is 0 Å². The molecule has 1 saturated heterocycles. The number of halogens is 3. The van der Waals surface area contributed by atoms with Gasteiger partial charge in [0.05, 0.1) is 0 Å². The monoisotopic (exact) mass is 355 g/mol. The number of amides is 1. The topological polar surface area (TPSA) is 54.5 Å². The maximum atomic E-state index is 11.7. The minimum absolute atomic E-state index is 0.0554. The Morgan fingerprint density at radius 1 is 1.30 bits per heavy atom. The van der Waals surface area contributed by atoms with Crippen LogP contribution < -0.4 is 0 Å². The van der Waals surface area contributed by atoms with E-state index in [4.69, 9.17) is 33.9 Å². The van der Waals surface area contributed by atoms with Crippen molar-refractivity contribution in [1.82, 2.24) is 4.90 Å². The highest BCUT2D eigenvalue weighted by Gasteiger charge is 2.36. The average Bonchev–Trinajstić information content (AvgIpc) is 2.69. The number of rotatable bonds is 4. The maximum absolute atomic E-state index is 11.7. The molecule has 1 atom stereocenters. The van der Waals surface area contributed by atoms with Gasteiger partial charge in [-0.25, -0.2) is 8.42 Å². The van der Waals surface area contributed by atoms with Gasteiger partial charge in [0.1, 0.15) is 5.25 Å². The lowest BCUT2D eigenvalue weighted by molar-refractivity contribution is -0.127. The molecule has 0 spiro atoms. The Labute approximate surface area is 132 Å². The van der Waals surface area contributed by atoms with Gasteiger partial charge in [-0.1, -0.05) is 29.3 Å². The second-order valence-corrected chi connectivity index (χ2v) is 8.38. The summed E-state index contributed by atoms with van der Waals surface area (Å²) < 4.78 is 22.5. The molecule has 2 rings (SSSR count). The van der Waals surface area contributed by atoms with Crippen molar-refractivity contribution in [3.8, 4) is 0 Å². The van der Waals surface area contributed by atoms with Crippen LogP contribution >= 0.6 is 33.9 Å². The molecule has 110 valence electrons. The Kier molecular flexibility index (Phi) is 4.84. The third-order valence-electron chi connectivity index (χ3n) is 3.24. The van der Waals surface area contributed by atoms with Gasteiger partial charge in [-0.15, -0.1) is 0 Å². The fraction of sp³-hybridized carbons (Fsp3) is 0.417. The lowest BCUT2D eigenvalue weighted by Gasteiger charge is -2.16. The van der Waals surface area contributed by atoms with E-state index in [1.165, 1.54) is 4.90 Å². The zero-order valence-electron chi connectivity index (χ0n) is 10.4. The average molecular weight is 357 g/mol. The fourth-order valence-electron chi connectivity index (χ4n) is 2.12. The van der Waals surface area contributed by atoms with E-state index in [1.54, 1.807) is 18.2 Å². The molecule has 0 radical (unpaired) electrons. The smallest absolute Gasteiger partial charge is 0.237 e. The van der Waals surface area contributed by atoms with Gasteiger partial charge in [0.2, 0.25) is 15.0 Å². The summed E-state index contributed by atoms with van der Waals surface area (Å²) in [5.74, 6) is -0.204. The lowest BCUT2D eigenvalue weighted by Crippen LogP contribution is -2.29. The zero-order chi connectivity index (χ0) is 14.9. The summed E-state index contributed by atoms with van der Waals surface area (Å²) in [5.41, 5.74) is 0.862. The van der Waals surface area contributed by atoms with E-state index in [9.17, 15) is 13.2 Å². The predicted octanol–water partition coefficient (Wildman–Crippen LogP) is 2.71. The second kappa shape index (κ2) is 6.10. The molecule has 1 fully saturated rings. The summed E-state index contributed by atoms with van der Waals surface area (Å²) in [6.07, 6.45) is 0.483. The van der Waals surface area contributed by atoms with Crippen LogP contribution in [0.25, 0.3) is 0 Å². The first-order valence-electron chi connectivity index (χ1n) is 5.92. The normalized spacial score (nSPS) is 19.6. The van der Waals surface area contributed by atoms with Crippen LogP contribution in [-0.4, -0.2) is 37.6 Å². The SMILES string of the molecule is O=C1CC(S(=O)(=O)Cl)CN1CCc1ccc(Cl)cc1Cl. The number of carbonyl (C=O) groups is 1. The third-order valence-corrected chi connectivity index (χ3v) is 5.70. The van der Waals surface area contributed by atoms with Crippen molar-refractivity contribution in [3.63, 3.8) is 0 Å². The number of nitrogens with zero attached hydrogens (tertiary/aromatic N) is 1. The largest absolute Gasteiger partial charge is 0.341 e. The fourth-order valence-corrected chi connectivity index (χ4v) is 3.68. The van der Waals surface area contributed by atoms with Crippen molar-refractivity contribution >= 4 is 48.8 Å². The Morgan fingerprint density at radius 3 is 2.55 bits per heavy atom. The molecular formula is C12H12Cl3NO3S. The van der Waals surface area contributed by atoms with Crippen molar-refractivity contribution < 1.29 is 13.2 Å². The summed E-state index contributed by atoms with van der Waals surface area (Å²) in [6, 6.07) is 5.15. The van der Waals surface area contributed by atoms with Crippen molar-refractivity contribution in [2.24, 2.45) is 0 Å². The highest BCUT2D eigenvalue weighted by Crippen LogP contribution is 2.24. The van der Waals surface area contributed by atoms with Crippen LogP contribution in [-0.2, 0) is 20.3 Å². The molecule has 1 aromatic rings. The number of hydrogen-bond acceptors (Lipinski definition) is 3. The summed E-state index contributed by atoms with van der Waals surface area (Å²) in [6.45, 7) is 0.541. The van der Waals surface area contributed by atoms with Gasteiger partial charge in [-0.2, -0.15) is 0 Å². The number of hydrogen-bond donors (Lipinski definition) is 0. The number of likely N-dealkylation sites (tertiary alicyclic amines) is 1. The van der Waals surface area contributed by atoms with Crippen LogP contribution in [0.1, 0.15) is 12.0 Å². The van der Waals surface area contributed by atoms with Gasteiger partial charge in [-0.05, 0) is 24.1 Å². The molecule has 1 aromatic carbocycles. The van der Waals surface area contributed by atoms with Crippen molar-refractivity contribution in [2.75, 3.05) is 13.1 Å². The first-order chi connectivity index (χ1) is 9.27. The summed E-state index contributed by atoms with van der Waals surface area (Å²) in [5, 5.41) is 0.257. The van der Waals surface area contributed by atoms with E-state index < -0.39 is 14.3 Å². The Bertz CT molecular complexity index is 633. The van der Waals surface area contributed by atoms with Gasteiger partial charge in [0.15, 0.2) is 0 Å². The molecule has 0 bridgehead atoms. The van der Waals surface area contributed by atoms with Gasteiger partial charge in [0.25, 0.3) is 0 Å². The van der Waals surface area contributed by atoms with E-state index >= 15 is 0 Å². The summed E-state index contributed by atoms with van der Waals surface area (Å²) in [4.78, 5) is 13.2. The van der Waals surface area contributed by atoms with Crippen LogP contribution in [0.3, 0.4) is 0 Å². The Morgan fingerprint density at radius 2 is 2.00 bits per heavy atom. The van der Waals surface area contributed by atoms with Crippen LogP contribution in [0, 0.1) is 0 Å². The molecule has 1 heterocycles. The van der Waals surface area contributed by atoms with E-state index in [1.807, 2.05) is 0 Å². The molecule has 1 amide bonds. The quantitative estimate of drug-likeness (QED) is 0.779.